The highest BCUT2D eigenvalue weighted by molar-refractivity contribution is 5.49. The molecule has 2 aromatic rings. The molecule has 2 heteroatoms. The van der Waals surface area contributed by atoms with Crippen LogP contribution in [0.3, 0.4) is 0 Å². The molecule has 0 spiro atoms. The summed E-state index contributed by atoms with van der Waals surface area (Å²) >= 11 is 0. The van der Waals surface area contributed by atoms with Crippen molar-refractivity contribution in [2.75, 3.05) is 18.6 Å². The number of hydrogen-bond donors (Lipinski definition) is 0. The van der Waals surface area contributed by atoms with Gasteiger partial charge in [0.2, 0.25) is 0 Å². The van der Waals surface area contributed by atoms with Crippen molar-refractivity contribution in [1.82, 2.24) is 0 Å². The maximum Gasteiger partial charge on any atom is 0.119 e. The Hall–Kier alpha value is -1.96. The summed E-state index contributed by atoms with van der Waals surface area (Å²) in [5.74, 6) is 0.918. The van der Waals surface area contributed by atoms with Gasteiger partial charge < -0.3 is 9.64 Å². The highest BCUT2D eigenvalue weighted by Crippen LogP contribution is 2.22. The molecule has 27 heavy (non-hydrogen) atoms. The average molecular weight is 368 g/mol. The Morgan fingerprint density at radius 3 is 1.93 bits per heavy atom. The van der Waals surface area contributed by atoms with Crippen LogP contribution in [0.25, 0.3) is 0 Å². The zero-order valence-corrected chi connectivity index (χ0v) is 17.5. The second-order valence-corrected chi connectivity index (χ2v) is 7.58. The molecule has 0 radical (unpaired) electrons. The lowest BCUT2D eigenvalue weighted by Gasteiger charge is -2.25. The fourth-order valence-corrected chi connectivity index (χ4v) is 3.44. The Balaban J connectivity index is 1.88. The second kappa shape index (κ2) is 12.4. The Morgan fingerprint density at radius 1 is 0.741 bits per heavy atom. The van der Waals surface area contributed by atoms with E-state index in [0.717, 1.165) is 18.8 Å². The van der Waals surface area contributed by atoms with Crippen molar-refractivity contribution in [3.63, 3.8) is 0 Å². The lowest BCUT2D eigenvalue weighted by atomic mass is 10.1. The minimum atomic E-state index is 0.918. The van der Waals surface area contributed by atoms with Crippen LogP contribution in [0.1, 0.15) is 69.4 Å². The Morgan fingerprint density at radius 2 is 1.33 bits per heavy atom. The first-order valence-corrected chi connectivity index (χ1v) is 10.7. The SMILES string of the molecule is CCCCCCCCCCN(Cc1ccc(C)cc1)c1ccc(OC)cc1. The summed E-state index contributed by atoms with van der Waals surface area (Å²) in [7, 11) is 1.72. The van der Waals surface area contributed by atoms with Crippen molar-refractivity contribution < 1.29 is 4.74 Å². The third-order valence-electron chi connectivity index (χ3n) is 5.21. The van der Waals surface area contributed by atoms with Gasteiger partial charge in [-0.15, -0.1) is 0 Å². The molecule has 0 heterocycles. The molecular formula is C25H37NO. The van der Waals surface area contributed by atoms with Gasteiger partial charge in [0.05, 0.1) is 7.11 Å². The fraction of sp³-hybridized carbons (Fsp3) is 0.520. The van der Waals surface area contributed by atoms with E-state index in [0.29, 0.717) is 0 Å². The molecule has 0 saturated carbocycles. The van der Waals surface area contributed by atoms with Gasteiger partial charge >= 0.3 is 0 Å². The van der Waals surface area contributed by atoms with E-state index < -0.39 is 0 Å². The van der Waals surface area contributed by atoms with Gasteiger partial charge in [0.1, 0.15) is 5.75 Å². The first kappa shape index (κ1) is 21.3. The molecule has 2 rings (SSSR count). The zero-order chi connectivity index (χ0) is 19.3. The molecule has 2 aromatic carbocycles. The predicted molar refractivity (Wildman–Crippen MR) is 118 cm³/mol. The second-order valence-electron chi connectivity index (χ2n) is 7.58. The van der Waals surface area contributed by atoms with Gasteiger partial charge in [-0.1, -0.05) is 81.7 Å². The minimum absolute atomic E-state index is 0.918. The number of methoxy groups -OCH3 is 1. The summed E-state index contributed by atoms with van der Waals surface area (Å²) < 4.78 is 5.32. The fourth-order valence-electron chi connectivity index (χ4n) is 3.44. The number of nitrogens with zero attached hydrogens (tertiary/aromatic N) is 1. The molecule has 0 atom stereocenters. The number of anilines is 1. The molecule has 0 aliphatic heterocycles. The van der Waals surface area contributed by atoms with Crippen LogP contribution in [0, 0.1) is 6.92 Å². The first-order valence-electron chi connectivity index (χ1n) is 10.7. The highest BCUT2D eigenvalue weighted by atomic mass is 16.5. The van der Waals surface area contributed by atoms with E-state index in [1.807, 2.05) is 0 Å². The van der Waals surface area contributed by atoms with E-state index in [4.69, 9.17) is 4.74 Å². The molecular weight excluding hydrogens is 330 g/mol. The lowest BCUT2D eigenvalue weighted by Crippen LogP contribution is -2.23. The van der Waals surface area contributed by atoms with Crippen LogP contribution < -0.4 is 9.64 Å². The smallest absolute Gasteiger partial charge is 0.119 e. The van der Waals surface area contributed by atoms with Gasteiger partial charge in [-0.3, -0.25) is 0 Å². The maximum absolute atomic E-state index is 5.32. The average Bonchev–Trinajstić information content (AvgIpc) is 2.70. The third-order valence-corrected chi connectivity index (χ3v) is 5.21. The van der Waals surface area contributed by atoms with Gasteiger partial charge in [0.25, 0.3) is 0 Å². The number of ether oxygens (including phenoxy) is 1. The topological polar surface area (TPSA) is 12.5 Å². The minimum Gasteiger partial charge on any atom is -0.497 e. The van der Waals surface area contributed by atoms with Crippen LogP contribution in [-0.2, 0) is 6.54 Å². The standard InChI is InChI=1S/C25H37NO/c1-4-5-6-7-8-9-10-11-20-26(21-23-14-12-22(2)13-15-23)24-16-18-25(27-3)19-17-24/h12-19H,4-11,20-21H2,1-3H3. The monoisotopic (exact) mass is 367 g/mol. The van der Waals surface area contributed by atoms with E-state index in [2.05, 4.69) is 67.3 Å². The van der Waals surface area contributed by atoms with Crippen molar-refractivity contribution in [1.29, 1.82) is 0 Å². The molecule has 0 N–H and O–H groups in total. The van der Waals surface area contributed by atoms with Gasteiger partial charge in [0.15, 0.2) is 0 Å². The molecule has 0 aliphatic rings. The molecule has 0 amide bonds. The van der Waals surface area contributed by atoms with Gasteiger partial charge in [-0.25, -0.2) is 0 Å². The number of unbranched alkanes of at least 4 members (excludes halogenated alkanes) is 7. The summed E-state index contributed by atoms with van der Waals surface area (Å²) in [5, 5.41) is 0. The van der Waals surface area contributed by atoms with Crippen molar-refractivity contribution in [2.24, 2.45) is 0 Å². The number of aryl methyl sites for hydroxylation is 1. The van der Waals surface area contributed by atoms with E-state index in [1.165, 1.54) is 68.2 Å². The van der Waals surface area contributed by atoms with Gasteiger partial charge in [-0.05, 0) is 43.2 Å². The van der Waals surface area contributed by atoms with Crippen LogP contribution in [0.2, 0.25) is 0 Å². The zero-order valence-electron chi connectivity index (χ0n) is 17.5. The largest absolute Gasteiger partial charge is 0.497 e. The Kier molecular flexibility index (Phi) is 9.83. The Bertz CT molecular complexity index is 618. The van der Waals surface area contributed by atoms with Gasteiger partial charge in [0, 0.05) is 18.8 Å². The van der Waals surface area contributed by atoms with Crippen molar-refractivity contribution in [3.8, 4) is 5.75 Å². The molecule has 2 nitrogen and oxygen atoms in total. The number of benzene rings is 2. The summed E-state index contributed by atoms with van der Waals surface area (Å²) in [6.07, 6.45) is 10.9. The van der Waals surface area contributed by atoms with Crippen molar-refractivity contribution >= 4 is 5.69 Å². The van der Waals surface area contributed by atoms with E-state index in [-0.39, 0.29) is 0 Å². The summed E-state index contributed by atoms with van der Waals surface area (Å²) in [6.45, 7) is 6.49. The van der Waals surface area contributed by atoms with Crippen LogP contribution in [0.4, 0.5) is 5.69 Å². The van der Waals surface area contributed by atoms with E-state index in [1.54, 1.807) is 7.11 Å². The number of rotatable bonds is 13. The normalized spacial score (nSPS) is 10.8. The quantitative estimate of drug-likeness (QED) is 0.348. The van der Waals surface area contributed by atoms with Gasteiger partial charge in [-0.2, -0.15) is 0 Å². The molecule has 0 saturated heterocycles. The van der Waals surface area contributed by atoms with E-state index >= 15 is 0 Å². The summed E-state index contributed by atoms with van der Waals surface area (Å²) in [6, 6.07) is 17.4. The van der Waals surface area contributed by atoms with Crippen LogP contribution in [0.5, 0.6) is 5.75 Å². The Labute approximate surface area is 166 Å². The summed E-state index contributed by atoms with van der Waals surface area (Å²) in [4.78, 5) is 2.50. The maximum atomic E-state index is 5.32. The third kappa shape index (κ3) is 8.07. The van der Waals surface area contributed by atoms with Crippen LogP contribution >= 0.6 is 0 Å². The van der Waals surface area contributed by atoms with Crippen molar-refractivity contribution in [2.45, 2.75) is 71.8 Å². The van der Waals surface area contributed by atoms with Crippen LogP contribution in [-0.4, -0.2) is 13.7 Å². The predicted octanol–water partition coefficient (Wildman–Crippen LogP) is 7.15. The van der Waals surface area contributed by atoms with Crippen LogP contribution in [0.15, 0.2) is 48.5 Å². The molecule has 0 aromatic heterocycles. The summed E-state index contributed by atoms with van der Waals surface area (Å²) in [5.41, 5.74) is 3.97. The first-order chi connectivity index (χ1) is 13.2. The molecule has 0 aliphatic carbocycles. The number of hydrogen-bond acceptors (Lipinski definition) is 2. The lowest BCUT2D eigenvalue weighted by molar-refractivity contribution is 0.415. The highest BCUT2D eigenvalue weighted by Gasteiger charge is 2.08. The van der Waals surface area contributed by atoms with E-state index in [9.17, 15) is 0 Å². The molecule has 0 unspecified atom stereocenters. The van der Waals surface area contributed by atoms with Crippen molar-refractivity contribution in [3.05, 3.63) is 59.7 Å². The molecule has 148 valence electrons. The molecule has 0 fully saturated rings. The molecule has 0 bridgehead atoms.